The van der Waals surface area contributed by atoms with E-state index in [1.165, 1.54) is 89.9 Å². The summed E-state index contributed by atoms with van der Waals surface area (Å²) in [5.41, 5.74) is 0. The Morgan fingerprint density at radius 1 is 0.469 bits per heavy atom. The monoisotopic (exact) mass is 695 g/mol. The lowest BCUT2D eigenvalue weighted by Crippen LogP contribution is -2.40. The molecule has 0 amide bonds. The lowest BCUT2D eigenvalue weighted by atomic mass is 9.94. The Kier molecular flexibility index (Phi) is 34.5. The molecular formula is C42H78O7. The molecule has 7 nitrogen and oxygen atoms in total. The van der Waals surface area contributed by atoms with Crippen LogP contribution in [0.4, 0.5) is 0 Å². The Morgan fingerprint density at radius 3 is 1.24 bits per heavy atom. The maximum atomic E-state index is 13.5. The number of esters is 3. The summed E-state index contributed by atoms with van der Waals surface area (Å²) in [6, 6.07) is 0. The molecule has 49 heavy (non-hydrogen) atoms. The zero-order chi connectivity index (χ0) is 36.2. The molecular weight excluding hydrogens is 616 g/mol. The fourth-order valence-corrected chi connectivity index (χ4v) is 6.33. The zero-order valence-corrected chi connectivity index (χ0v) is 32.6. The molecule has 288 valence electrons. The summed E-state index contributed by atoms with van der Waals surface area (Å²) in [6.07, 6.45) is 28.1. The highest BCUT2D eigenvalue weighted by Crippen LogP contribution is 2.22. The predicted molar refractivity (Wildman–Crippen MR) is 201 cm³/mol. The molecule has 2 unspecified atom stereocenters. The molecule has 0 aliphatic carbocycles. The number of rotatable bonds is 37. The van der Waals surface area contributed by atoms with Gasteiger partial charge in [0.15, 0.2) is 6.10 Å². The van der Waals surface area contributed by atoms with Crippen molar-refractivity contribution in [3.8, 4) is 0 Å². The van der Waals surface area contributed by atoms with Crippen LogP contribution in [0.5, 0.6) is 0 Å². The first-order valence-corrected chi connectivity index (χ1v) is 20.9. The number of unbranched alkanes of at least 4 members (excludes halogenated alkanes) is 20. The van der Waals surface area contributed by atoms with Crippen molar-refractivity contribution in [1.82, 2.24) is 0 Å². The first kappa shape index (κ1) is 47.1. The Morgan fingerprint density at radius 2 is 0.837 bits per heavy atom. The second-order valence-corrected chi connectivity index (χ2v) is 14.3. The third kappa shape index (κ3) is 29.5. The standard InChI is InChI=1S/C42H78O7/c1-5-9-13-17-19-23-27-33-40(44)48-38(32-29-35-43)39(49-41(45)34-28-24-20-18-14-10-6-2)36-47-42(46)37(30-25-21-15-11-7-3)31-26-22-16-12-8-4/h35,37-39H,5-34,36H2,1-4H3. The van der Waals surface area contributed by atoms with Crippen molar-refractivity contribution in [2.24, 2.45) is 5.92 Å². The second-order valence-electron chi connectivity index (χ2n) is 14.3. The SMILES string of the molecule is CCCCCCCCCC(=O)OC(CCC=O)C(COC(=O)C(CCCCCCC)CCCCCCC)OC(=O)CCCCCCCCC. The molecule has 0 fully saturated rings. The molecule has 0 aliphatic heterocycles. The molecule has 0 heterocycles. The largest absolute Gasteiger partial charge is 0.461 e. The van der Waals surface area contributed by atoms with Crippen LogP contribution in [0.15, 0.2) is 0 Å². The normalized spacial score (nSPS) is 12.5. The van der Waals surface area contributed by atoms with Gasteiger partial charge in [-0.15, -0.1) is 0 Å². The van der Waals surface area contributed by atoms with Gasteiger partial charge in [-0.3, -0.25) is 14.4 Å². The molecule has 0 saturated carbocycles. The molecule has 0 aliphatic rings. The first-order valence-electron chi connectivity index (χ1n) is 20.9. The van der Waals surface area contributed by atoms with E-state index in [4.69, 9.17) is 14.2 Å². The highest BCUT2D eigenvalue weighted by molar-refractivity contribution is 5.73. The molecule has 0 bridgehead atoms. The molecule has 0 rings (SSSR count). The molecule has 0 radical (unpaired) electrons. The van der Waals surface area contributed by atoms with Crippen molar-refractivity contribution >= 4 is 24.2 Å². The van der Waals surface area contributed by atoms with Crippen LogP contribution in [0.1, 0.15) is 220 Å². The maximum Gasteiger partial charge on any atom is 0.309 e. The highest BCUT2D eigenvalue weighted by atomic mass is 16.6. The summed E-state index contributed by atoms with van der Waals surface area (Å²) in [4.78, 5) is 50.8. The lowest BCUT2D eigenvalue weighted by molar-refractivity contribution is -0.178. The van der Waals surface area contributed by atoms with E-state index in [1.807, 2.05) is 0 Å². The number of hydrogen-bond donors (Lipinski definition) is 0. The minimum Gasteiger partial charge on any atom is -0.461 e. The number of aldehydes is 1. The summed E-state index contributed by atoms with van der Waals surface area (Å²) in [6.45, 7) is 8.62. The summed E-state index contributed by atoms with van der Waals surface area (Å²) in [5, 5.41) is 0. The van der Waals surface area contributed by atoms with Gasteiger partial charge in [-0.2, -0.15) is 0 Å². The molecule has 0 N–H and O–H groups in total. The third-order valence-electron chi connectivity index (χ3n) is 9.55. The van der Waals surface area contributed by atoms with Gasteiger partial charge in [0.05, 0.1) is 5.92 Å². The number of carbonyl (C=O) groups excluding carboxylic acids is 4. The van der Waals surface area contributed by atoms with E-state index in [-0.39, 0.29) is 56.1 Å². The van der Waals surface area contributed by atoms with Gasteiger partial charge in [-0.1, -0.05) is 169 Å². The Balaban J connectivity index is 5.48. The van der Waals surface area contributed by atoms with E-state index >= 15 is 0 Å². The van der Waals surface area contributed by atoms with Crippen LogP contribution >= 0.6 is 0 Å². The van der Waals surface area contributed by atoms with Gasteiger partial charge < -0.3 is 19.0 Å². The van der Waals surface area contributed by atoms with Crippen molar-refractivity contribution < 1.29 is 33.4 Å². The lowest BCUT2D eigenvalue weighted by Gasteiger charge is -2.27. The van der Waals surface area contributed by atoms with Gasteiger partial charge in [0.1, 0.15) is 19.0 Å². The first-order chi connectivity index (χ1) is 23.9. The van der Waals surface area contributed by atoms with E-state index < -0.39 is 12.2 Å². The van der Waals surface area contributed by atoms with Crippen LogP contribution in [0.25, 0.3) is 0 Å². The Bertz CT molecular complexity index is 769. The van der Waals surface area contributed by atoms with Crippen LogP contribution in [-0.4, -0.2) is 43.0 Å². The Hall–Kier alpha value is -1.92. The summed E-state index contributed by atoms with van der Waals surface area (Å²) < 4.78 is 17.7. The van der Waals surface area contributed by atoms with Crippen LogP contribution < -0.4 is 0 Å². The van der Waals surface area contributed by atoms with Gasteiger partial charge in [0.25, 0.3) is 0 Å². The molecule has 2 atom stereocenters. The van der Waals surface area contributed by atoms with Crippen molar-refractivity contribution in [3.05, 3.63) is 0 Å². The van der Waals surface area contributed by atoms with Crippen molar-refractivity contribution in [2.75, 3.05) is 6.61 Å². The predicted octanol–water partition coefficient (Wildman–Crippen LogP) is 12.0. The maximum absolute atomic E-state index is 13.5. The van der Waals surface area contributed by atoms with Crippen LogP contribution in [0.3, 0.4) is 0 Å². The molecule has 0 aromatic rings. The van der Waals surface area contributed by atoms with E-state index in [1.54, 1.807) is 0 Å². The minimum absolute atomic E-state index is 0.160. The Labute approximate surface area is 302 Å². The molecule has 0 saturated heterocycles. The van der Waals surface area contributed by atoms with E-state index in [2.05, 4.69) is 27.7 Å². The van der Waals surface area contributed by atoms with E-state index in [0.29, 0.717) is 0 Å². The van der Waals surface area contributed by atoms with Gasteiger partial charge in [-0.05, 0) is 32.1 Å². The number of carbonyl (C=O) groups is 4. The molecule has 0 spiro atoms. The van der Waals surface area contributed by atoms with Crippen molar-refractivity contribution in [2.45, 2.75) is 233 Å². The topological polar surface area (TPSA) is 96.0 Å². The van der Waals surface area contributed by atoms with E-state index in [9.17, 15) is 19.2 Å². The highest BCUT2D eigenvalue weighted by Gasteiger charge is 2.31. The van der Waals surface area contributed by atoms with Gasteiger partial charge in [-0.25, -0.2) is 0 Å². The summed E-state index contributed by atoms with van der Waals surface area (Å²) >= 11 is 0. The molecule has 0 aromatic carbocycles. The summed E-state index contributed by atoms with van der Waals surface area (Å²) in [7, 11) is 0. The average Bonchev–Trinajstić information content (AvgIpc) is 3.09. The number of hydrogen-bond acceptors (Lipinski definition) is 7. The third-order valence-corrected chi connectivity index (χ3v) is 9.55. The molecule has 7 heteroatoms. The second kappa shape index (κ2) is 35.9. The van der Waals surface area contributed by atoms with Crippen molar-refractivity contribution in [1.29, 1.82) is 0 Å². The van der Waals surface area contributed by atoms with Crippen molar-refractivity contribution in [3.63, 3.8) is 0 Å². The average molecular weight is 695 g/mol. The van der Waals surface area contributed by atoms with Crippen LogP contribution in [-0.2, 0) is 33.4 Å². The number of ether oxygens (including phenoxy) is 3. The zero-order valence-electron chi connectivity index (χ0n) is 32.6. The quantitative estimate of drug-likeness (QED) is 0.0276. The molecule has 0 aromatic heterocycles. The van der Waals surface area contributed by atoms with Crippen LogP contribution in [0.2, 0.25) is 0 Å². The van der Waals surface area contributed by atoms with Gasteiger partial charge >= 0.3 is 17.9 Å². The van der Waals surface area contributed by atoms with E-state index in [0.717, 1.165) is 83.3 Å². The minimum atomic E-state index is -0.936. The fraction of sp³-hybridized carbons (Fsp3) is 0.905. The van der Waals surface area contributed by atoms with Gasteiger partial charge in [0, 0.05) is 19.3 Å². The fourth-order valence-electron chi connectivity index (χ4n) is 6.33. The smallest absolute Gasteiger partial charge is 0.309 e. The summed E-state index contributed by atoms with van der Waals surface area (Å²) in [5.74, 6) is -1.19. The van der Waals surface area contributed by atoms with Crippen LogP contribution in [0, 0.1) is 5.92 Å². The van der Waals surface area contributed by atoms with Gasteiger partial charge in [0.2, 0.25) is 0 Å².